The molecule has 0 bridgehead atoms. The van der Waals surface area contributed by atoms with Crippen LogP contribution in [-0.4, -0.2) is 39.1 Å². The van der Waals surface area contributed by atoms with Gasteiger partial charge in [0.25, 0.3) is 10.1 Å². The van der Waals surface area contributed by atoms with Crippen LogP contribution >= 0.6 is 0 Å². The van der Waals surface area contributed by atoms with E-state index in [2.05, 4.69) is 9.47 Å². The molecule has 0 spiro atoms. The number of ether oxygens (including phenoxy) is 2. The molecule has 1 aliphatic carbocycles. The van der Waals surface area contributed by atoms with Gasteiger partial charge in [0, 0.05) is 0 Å². The molecule has 1 unspecified atom stereocenters. The minimum Gasteiger partial charge on any atom is -0.430 e. The highest BCUT2D eigenvalue weighted by Gasteiger charge is 2.32. The minimum atomic E-state index is -3.65. The largest absolute Gasteiger partial charge is 0.508 e. The Kier molecular flexibility index (Phi) is 3.88. The number of cyclic esters (lactones) is 2. The topological polar surface area (TPSA) is 78.9 Å². The molecule has 1 saturated carbocycles. The monoisotopic (exact) mass is 264 g/mol. The zero-order valence-electron chi connectivity index (χ0n) is 9.46. The number of carbonyl (C=O) groups excluding carboxylic acids is 1. The van der Waals surface area contributed by atoms with Crippen LogP contribution in [0.1, 0.15) is 32.1 Å². The molecule has 2 fully saturated rings. The average Bonchev–Trinajstić information content (AvgIpc) is 2.63. The van der Waals surface area contributed by atoms with E-state index >= 15 is 0 Å². The van der Waals surface area contributed by atoms with E-state index in [1.807, 2.05) is 0 Å². The van der Waals surface area contributed by atoms with Crippen LogP contribution in [0.25, 0.3) is 0 Å². The number of rotatable bonds is 4. The third kappa shape index (κ3) is 3.85. The Balaban J connectivity index is 1.83. The molecule has 1 saturated heterocycles. The van der Waals surface area contributed by atoms with Gasteiger partial charge in [0.2, 0.25) is 0 Å². The first kappa shape index (κ1) is 12.6. The Morgan fingerprint density at radius 1 is 1.24 bits per heavy atom. The molecule has 2 rings (SSSR count). The summed E-state index contributed by atoms with van der Waals surface area (Å²) in [6, 6.07) is 0. The lowest BCUT2D eigenvalue weighted by molar-refractivity contribution is 0.120. The average molecular weight is 264 g/mol. The van der Waals surface area contributed by atoms with E-state index in [1.54, 1.807) is 0 Å². The van der Waals surface area contributed by atoms with Crippen molar-refractivity contribution >= 4 is 16.3 Å². The summed E-state index contributed by atoms with van der Waals surface area (Å²) in [5.74, 6) is -0.324. The van der Waals surface area contributed by atoms with Gasteiger partial charge in [-0.1, -0.05) is 19.3 Å². The summed E-state index contributed by atoms with van der Waals surface area (Å²) in [7, 11) is -3.65. The molecule has 0 N–H and O–H groups in total. The van der Waals surface area contributed by atoms with E-state index in [9.17, 15) is 13.2 Å². The van der Waals surface area contributed by atoms with Crippen LogP contribution in [-0.2, 0) is 23.8 Å². The summed E-state index contributed by atoms with van der Waals surface area (Å²) in [6.07, 6.45) is 2.92. The van der Waals surface area contributed by atoms with Crippen molar-refractivity contribution in [1.82, 2.24) is 0 Å². The maximum absolute atomic E-state index is 11.7. The van der Waals surface area contributed by atoms with Crippen molar-refractivity contribution in [3.8, 4) is 0 Å². The van der Waals surface area contributed by atoms with Gasteiger partial charge in [-0.3, -0.25) is 4.18 Å². The van der Waals surface area contributed by atoms with Crippen molar-refractivity contribution in [1.29, 1.82) is 0 Å². The van der Waals surface area contributed by atoms with Gasteiger partial charge in [-0.05, 0) is 12.8 Å². The van der Waals surface area contributed by atoms with Crippen LogP contribution in [0, 0.1) is 0 Å². The maximum atomic E-state index is 11.7. The predicted molar refractivity (Wildman–Crippen MR) is 58.0 cm³/mol. The summed E-state index contributed by atoms with van der Waals surface area (Å²) < 4.78 is 37.7. The van der Waals surface area contributed by atoms with Crippen LogP contribution in [0.15, 0.2) is 0 Å². The smallest absolute Gasteiger partial charge is 0.430 e. The maximum Gasteiger partial charge on any atom is 0.508 e. The van der Waals surface area contributed by atoms with E-state index < -0.39 is 22.4 Å². The Hall–Kier alpha value is -0.820. The van der Waals surface area contributed by atoms with Crippen molar-refractivity contribution in [2.75, 3.05) is 12.4 Å². The molecular formula is C10H16O6S. The molecule has 0 aromatic carbocycles. The van der Waals surface area contributed by atoms with Gasteiger partial charge in [0.1, 0.15) is 12.4 Å². The van der Waals surface area contributed by atoms with Crippen LogP contribution in [0.3, 0.4) is 0 Å². The van der Waals surface area contributed by atoms with Crippen molar-refractivity contribution in [3.63, 3.8) is 0 Å². The van der Waals surface area contributed by atoms with Gasteiger partial charge in [-0.25, -0.2) is 4.79 Å². The lowest BCUT2D eigenvalue weighted by Crippen LogP contribution is -2.29. The molecule has 17 heavy (non-hydrogen) atoms. The molecule has 98 valence electrons. The summed E-state index contributed by atoms with van der Waals surface area (Å²) >= 11 is 0. The summed E-state index contributed by atoms with van der Waals surface area (Å²) in [5.41, 5.74) is 0. The summed E-state index contributed by atoms with van der Waals surface area (Å²) in [5, 5.41) is 0. The second kappa shape index (κ2) is 5.22. The second-order valence-electron chi connectivity index (χ2n) is 4.38. The standard InChI is InChI=1S/C10H16O6S/c11-10-14-6-9(15-10)7-17(12,13)16-8-4-2-1-3-5-8/h8-9H,1-7H2. The highest BCUT2D eigenvalue weighted by molar-refractivity contribution is 7.86. The van der Waals surface area contributed by atoms with Gasteiger partial charge < -0.3 is 9.47 Å². The quantitative estimate of drug-likeness (QED) is 0.561. The molecule has 2 aliphatic rings. The Labute approximate surface area is 100 Å². The molecule has 0 amide bonds. The lowest BCUT2D eigenvalue weighted by atomic mass is 9.98. The number of hydrogen-bond acceptors (Lipinski definition) is 6. The molecule has 0 radical (unpaired) electrons. The fraction of sp³-hybridized carbons (Fsp3) is 0.900. The van der Waals surface area contributed by atoms with Crippen LogP contribution in [0.5, 0.6) is 0 Å². The molecule has 0 aromatic rings. The fourth-order valence-corrected chi connectivity index (χ4v) is 3.39. The molecular weight excluding hydrogens is 248 g/mol. The van der Waals surface area contributed by atoms with Crippen LogP contribution < -0.4 is 0 Å². The third-order valence-electron chi connectivity index (χ3n) is 2.87. The highest BCUT2D eigenvalue weighted by atomic mass is 32.2. The number of carbonyl (C=O) groups is 1. The zero-order valence-corrected chi connectivity index (χ0v) is 10.3. The summed E-state index contributed by atoms with van der Waals surface area (Å²) in [4.78, 5) is 10.6. The van der Waals surface area contributed by atoms with E-state index in [0.29, 0.717) is 0 Å². The van der Waals surface area contributed by atoms with Crippen LogP contribution in [0.4, 0.5) is 4.79 Å². The molecule has 1 atom stereocenters. The zero-order chi connectivity index (χ0) is 12.3. The van der Waals surface area contributed by atoms with Crippen molar-refractivity contribution in [2.24, 2.45) is 0 Å². The van der Waals surface area contributed by atoms with Gasteiger partial charge in [-0.15, -0.1) is 0 Å². The Morgan fingerprint density at radius 2 is 1.94 bits per heavy atom. The normalized spacial score (nSPS) is 26.6. The van der Waals surface area contributed by atoms with E-state index in [1.165, 1.54) is 0 Å². The first-order valence-corrected chi connectivity index (χ1v) is 7.37. The van der Waals surface area contributed by atoms with Crippen molar-refractivity contribution < 1.29 is 26.9 Å². The number of hydrogen-bond donors (Lipinski definition) is 0. The van der Waals surface area contributed by atoms with E-state index in [4.69, 9.17) is 4.18 Å². The van der Waals surface area contributed by atoms with E-state index in [0.717, 1.165) is 32.1 Å². The van der Waals surface area contributed by atoms with E-state index in [-0.39, 0.29) is 18.5 Å². The van der Waals surface area contributed by atoms with Gasteiger partial charge >= 0.3 is 6.16 Å². The van der Waals surface area contributed by atoms with Crippen molar-refractivity contribution in [2.45, 2.75) is 44.3 Å². The molecule has 1 heterocycles. The summed E-state index contributed by atoms with van der Waals surface area (Å²) in [6.45, 7) is -0.0217. The van der Waals surface area contributed by atoms with Gasteiger partial charge in [0.15, 0.2) is 6.10 Å². The Bertz CT molecular complexity index is 370. The van der Waals surface area contributed by atoms with Gasteiger partial charge in [0.05, 0.1) is 6.10 Å². The van der Waals surface area contributed by atoms with Crippen molar-refractivity contribution in [3.05, 3.63) is 0 Å². The third-order valence-corrected chi connectivity index (χ3v) is 4.22. The molecule has 1 aliphatic heterocycles. The SMILES string of the molecule is O=C1OCC(CS(=O)(=O)OC2CCCCC2)O1. The first-order chi connectivity index (χ1) is 8.05. The highest BCUT2D eigenvalue weighted by Crippen LogP contribution is 2.22. The Morgan fingerprint density at radius 3 is 2.53 bits per heavy atom. The molecule has 0 aromatic heterocycles. The van der Waals surface area contributed by atoms with Gasteiger partial charge in [-0.2, -0.15) is 8.42 Å². The predicted octanol–water partition coefficient (Wildman–Crippen LogP) is 1.20. The second-order valence-corrected chi connectivity index (χ2v) is 6.02. The molecule has 6 nitrogen and oxygen atoms in total. The lowest BCUT2D eigenvalue weighted by Gasteiger charge is -2.21. The fourth-order valence-electron chi connectivity index (χ4n) is 2.08. The van der Waals surface area contributed by atoms with Crippen LogP contribution in [0.2, 0.25) is 0 Å². The molecule has 7 heteroatoms. The first-order valence-electron chi connectivity index (χ1n) is 5.79. The minimum absolute atomic E-state index is 0.0217.